The van der Waals surface area contributed by atoms with Gasteiger partial charge in [-0.15, -0.1) is 0 Å². The van der Waals surface area contributed by atoms with Crippen LogP contribution in [0.4, 0.5) is 0 Å². The Morgan fingerprint density at radius 2 is 2.15 bits per heavy atom. The molecule has 1 aromatic heterocycles. The highest BCUT2D eigenvalue weighted by atomic mass is 16.2. The van der Waals surface area contributed by atoms with Gasteiger partial charge in [-0.05, 0) is 69.9 Å². The van der Waals surface area contributed by atoms with Crippen molar-refractivity contribution in [2.45, 2.75) is 44.6 Å². The van der Waals surface area contributed by atoms with Crippen molar-refractivity contribution in [3.8, 4) is 0 Å². The van der Waals surface area contributed by atoms with Gasteiger partial charge in [0.2, 0.25) is 5.91 Å². The average molecular weight is 355 g/mol. The van der Waals surface area contributed by atoms with E-state index in [0.29, 0.717) is 18.5 Å². The van der Waals surface area contributed by atoms with Crippen molar-refractivity contribution in [3.63, 3.8) is 0 Å². The van der Waals surface area contributed by atoms with Gasteiger partial charge in [0, 0.05) is 18.5 Å². The van der Waals surface area contributed by atoms with Crippen LogP contribution in [0.25, 0.3) is 11.0 Å². The first-order chi connectivity index (χ1) is 12.7. The zero-order valence-corrected chi connectivity index (χ0v) is 15.6. The van der Waals surface area contributed by atoms with Crippen molar-refractivity contribution in [3.05, 3.63) is 29.6 Å². The molecule has 0 bridgehead atoms. The van der Waals surface area contributed by atoms with Gasteiger partial charge >= 0.3 is 0 Å². The fourth-order valence-electron chi connectivity index (χ4n) is 4.20. The van der Waals surface area contributed by atoms with E-state index >= 15 is 0 Å². The van der Waals surface area contributed by atoms with Crippen LogP contribution >= 0.6 is 0 Å². The molecule has 6 nitrogen and oxygen atoms in total. The summed E-state index contributed by atoms with van der Waals surface area (Å²) < 4.78 is 0. The number of nitrogens with one attached hydrogen (secondary N) is 3. The number of carbonyl (C=O) groups excluding carboxylic acids is 1. The molecule has 2 aromatic rings. The molecule has 6 heteroatoms. The number of H-pyrrole nitrogens is 1. The maximum absolute atomic E-state index is 12.4. The topological polar surface area (TPSA) is 73.1 Å². The first-order valence-electron chi connectivity index (χ1n) is 9.86. The predicted molar refractivity (Wildman–Crippen MR) is 103 cm³/mol. The minimum atomic E-state index is 0.165. The predicted octanol–water partition coefficient (Wildman–Crippen LogP) is 1.92. The highest BCUT2D eigenvalue weighted by molar-refractivity contribution is 5.78. The van der Waals surface area contributed by atoms with Gasteiger partial charge in [0.15, 0.2) is 0 Å². The lowest BCUT2D eigenvalue weighted by Gasteiger charge is -2.32. The summed E-state index contributed by atoms with van der Waals surface area (Å²) in [6.45, 7) is 6.50. The SMILES string of the molecule is Cc1ccc2nc(C3CCCN(CC(=O)NC4CCNCC4)C3)[nH]c2c1. The Balaban J connectivity index is 1.36. The van der Waals surface area contributed by atoms with Gasteiger partial charge in [-0.2, -0.15) is 0 Å². The van der Waals surface area contributed by atoms with Crippen molar-refractivity contribution in [2.75, 3.05) is 32.7 Å². The molecule has 4 rings (SSSR count). The molecular formula is C20H29N5O. The second kappa shape index (κ2) is 7.76. The summed E-state index contributed by atoms with van der Waals surface area (Å²) in [5.41, 5.74) is 3.39. The molecule has 3 heterocycles. The Labute approximate surface area is 154 Å². The number of rotatable bonds is 4. The number of piperidine rings is 2. The van der Waals surface area contributed by atoms with Crippen LogP contribution < -0.4 is 10.6 Å². The summed E-state index contributed by atoms with van der Waals surface area (Å²) in [4.78, 5) is 23.0. The van der Waals surface area contributed by atoms with Crippen LogP contribution in [0.3, 0.4) is 0 Å². The van der Waals surface area contributed by atoms with Crippen LogP contribution in [-0.2, 0) is 4.79 Å². The fourth-order valence-corrected chi connectivity index (χ4v) is 4.20. The number of aromatic nitrogens is 2. The smallest absolute Gasteiger partial charge is 0.234 e. The third kappa shape index (κ3) is 4.07. The molecule has 0 radical (unpaired) electrons. The van der Waals surface area contributed by atoms with E-state index < -0.39 is 0 Å². The molecule has 2 aliphatic rings. The standard InChI is InChI=1S/C20H29N5O/c1-14-4-5-17-18(11-14)24-20(23-17)15-3-2-10-25(12-15)13-19(26)22-16-6-8-21-9-7-16/h4-5,11,15-16,21H,2-3,6-10,12-13H2,1H3,(H,22,26)(H,23,24). The summed E-state index contributed by atoms with van der Waals surface area (Å²) in [5, 5.41) is 6.54. The number of imidazole rings is 1. The summed E-state index contributed by atoms with van der Waals surface area (Å²) in [6, 6.07) is 6.67. The number of aryl methyl sites for hydroxylation is 1. The van der Waals surface area contributed by atoms with Crippen LogP contribution in [0.15, 0.2) is 18.2 Å². The van der Waals surface area contributed by atoms with Gasteiger partial charge in [0.05, 0.1) is 17.6 Å². The number of amides is 1. The number of nitrogens with zero attached hydrogens (tertiary/aromatic N) is 2. The van der Waals surface area contributed by atoms with E-state index in [4.69, 9.17) is 4.98 Å². The Morgan fingerprint density at radius 1 is 1.31 bits per heavy atom. The Bertz CT molecular complexity index is 765. The highest BCUT2D eigenvalue weighted by Gasteiger charge is 2.26. The Kier molecular flexibility index (Phi) is 5.22. The first-order valence-corrected chi connectivity index (χ1v) is 9.86. The third-order valence-corrected chi connectivity index (χ3v) is 5.62. The molecule has 0 aliphatic carbocycles. The van der Waals surface area contributed by atoms with Gasteiger partial charge in [0.25, 0.3) is 0 Å². The Morgan fingerprint density at radius 3 is 3.00 bits per heavy atom. The van der Waals surface area contributed by atoms with Crippen molar-refractivity contribution in [1.82, 2.24) is 25.5 Å². The van der Waals surface area contributed by atoms with Crippen molar-refractivity contribution >= 4 is 16.9 Å². The normalized spacial score (nSPS) is 22.6. The van der Waals surface area contributed by atoms with Crippen molar-refractivity contribution < 1.29 is 4.79 Å². The van der Waals surface area contributed by atoms with Gasteiger partial charge < -0.3 is 15.6 Å². The average Bonchev–Trinajstić information content (AvgIpc) is 3.06. The number of likely N-dealkylation sites (tertiary alicyclic amines) is 1. The molecule has 1 unspecified atom stereocenters. The lowest BCUT2D eigenvalue weighted by molar-refractivity contribution is -0.123. The van der Waals surface area contributed by atoms with E-state index in [1.54, 1.807) is 0 Å². The van der Waals surface area contributed by atoms with Gasteiger partial charge in [-0.1, -0.05) is 6.07 Å². The molecule has 0 saturated carbocycles. The minimum Gasteiger partial charge on any atom is -0.352 e. The van der Waals surface area contributed by atoms with E-state index in [0.717, 1.165) is 68.7 Å². The van der Waals surface area contributed by atoms with E-state index in [1.165, 1.54) is 5.56 Å². The molecule has 1 atom stereocenters. The highest BCUT2D eigenvalue weighted by Crippen LogP contribution is 2.27. The van der Waals surface area contributed by atoms with E-state index in [2.05, 4.69) is 45.6 Å². The summed E-state index contributed by atoms with van der Waals surface area (Å²) >= 11 is 0. The van der Waals surface area contributed by atoms with Crippen LogP contribution in [0.2, 0.25) is 0 Å². The molecule has 2 saturated heterocycles. The number of hydrogen-bond acceptors (Lipinski definition) is 4. The molecule has 0 spiro atoms. The zero-order valence-electron chi connectivity index (χ0n) is 15.6. The minimum absolute atomic E-state index is 0.165. The second-order valence-electron chi connectivity index (χ2n) is 7.81. The molecular weight excluding hydrogens is 326 g/mol. The zero-order chi connectivity index (χ0) is 17.9. The molecule has 1 amide bonds. The van der Waals surface area contributed by atoms with Crippen molar-refractivity contribution in [2.24, 2.45) is 0 Å². The van der Waals surface area contributed by atoms with E-state index in [1.807, 2.05) is 0 Å². The summed E-state index contributed by atoms with van der Waals surface area (Å²) in [7, 11) is 0. The van der Waals surface area contributed by atoms with Crippen LogP contribution in [0, 0.1) is 6.92 Å². The number of carbonyl (C=O) groups is 1. The number of benzene rings is 1. The Hall–Kier alpha value is -1.92. The number of fused-ring (bicyclic) bond motifs is 1. The molecule has 3 N–H and O–H groups in total. The van der Waals surface area contributed by atoms with Gasteiger partial charge in [-0.3, -0.25) is 9.69 Å². The molecule has 2 fully saturated rings. The molecule has 140 valence electrons. The quantitative estimate of drug-likeness (QED) is 0.783. The molecule has 26 heavy (non-hydrogen) atoms. The van der Waals surface area contributed by atoms with Crippen LogP contribution in [0.1, 0.15) is 43.0 Å². The van der Waals surface area contributed by atoms with Crippen molar-refractivity contribution in [1.29, 1.82) is 0 Å². The number of hydrogen-bond donors (Lipinski definition) is 3. The molecule has 2 aliphatic heterocycles. The van der Waals surface area contributed by atoms with Gasteiger partial charge in [0.1, 0.15) is 5.82 Å². The second-order valence-corrected chi connectivity index (χ2v) is 7.81. The number of aromatic amines is 1. The summed E-state index contributed by atoms with van der Waals surface area (Å²) in [6.07, 6.45) is 4.31. The maximum Gasteiger partial charge on any atom is 0.234 e. The first kappa shape index (κ1) is 17.5. The lowest BCUT2D eigenvalue weighted by Crippen LogP contribution is -2.47. The monoisotopic (exact) mass is 355 g/mol. The van der Waals surface area contributed by atoms with Crippen LogP contribution in [-0.4, -0.2) is 59.5 Å². The largest absolute Gasteiger partial charge is 0.352 e. The van der Waals surface area contributed by atoms with Crippen LogP contribution in [0.5, 0.6) is 0 Å². The lowest BCUT2D eigenvalue weighted by atomic mass is 9.97. The summed E-state index contributed by atoms with van der Waals surface area (Å²) in [5.74, 6) is 1.61. The molecule has 1 aromatic carbocycles. The van der Waals surface area contributed by atoms with Gasteiger partial charge in [-0.25, -0.2) is 4.98 Å². The maximum atomic E-state index is 12.4. The van der Waals surface area contributed by atoms with E-state index in [-0.39, 0.29) is 5.91 Å². The third-order valence-electron chi connectivity index (χ3n) is 5.62. The van der Waals surface area contributed by atoms with E-state index in [9.17, 15) is 4.79 Å². The fraction of sp³-hybridized carbons (Fsp3) is 0.600.